The minimum atomic E-state index is -0.867. The zero-order chi connectivity index (χ0) is 14.7. The Morgan fingerprint density at radius 3 is 2.85 bits per heavy atom. The molecule has 0 bridgehead atoms. The summed E-state index contributed by atoms with van der Waals surface area (Å²) in [5.74, 6) is -0.867. The SMILES string of the molecule is Cc1cc(C#N)cc(Sc2nc(C)c(CC(=O)O)s2)n1. The molecule has 2 aromatic heterocycles. The van der Waals surface area contributed by atoms with Crippen LogP contribution in [0.3, 0.4) is 0 Å². The van der Waals surface area contributed by atoms with E-state index in [4.69, 9.17) is 10.4 Å². The summed E-state index contributed by atoms with van der Waals surface area (Å²) in [4.78, 5) is 20.2. The van der Waals surface area contributed by atoms with E-state index in [1.54, 1.807) is 19.1 Å². The molecule has 2 rings (SSSR count). The van der Waals surface area contributed by atoms with Crippen LogP contribution < -0.4 is 0 Å². The van der Waals surface area contributed by atoms with Crippen LogP contribution in [0, 0.1) is 25.2 Å². The van der Waals surface area contributed by atoms with Gasteiger partial charge >= 0.3 is 5.97 Å². The molecule has 2 heterocycles. The Balaban J connectivity index is 2.24. The van der Waals surface area contributed by atoms with Gasteiger partial charge in [0, 0.05) is 10.6 Å². The fourth-order valence-electron chi connectivity index (χ4n) is 1.59. The van der Waals surface area contributed by atoms with Gasteiger partial charge in [0.15, 0.2) is 4.34 Å². The van der Waals surface area contributed by atoms with Gasteiger partial charge in [0.1, 0.15) is 5.03 Å². The van der Waals surface area contributed by atoms with Crippen LogP contribution in [0.15, 0.2) is 21.5 Å². The van der Waals surface area contributed by atoms with Crippen molar-refractivity contribution in [2.75, 3.05) is 0 Å². The Morgan fingerprint density at radius 1 is 1.45 bits per heavy atom. The Kier molecular flexibility index (Phi) is 4.37. The van der Waals surface area contributed by atoms with Crippen molar-refractivity contribution < 1.29 is 9.90 Å². The first-order chi connectivity index (χ1) is 9.47. The second-order valence-corrected chi connectivity index (χ2v) is 6.46. The van der Waals surface area contributed by atoms with Crippen LogP contribution in [0.25, 0.3) is 0 Å². The van der Waals surface area contributed by atoms with Crippen molar-refractivity contribution in [3.8, 4) is 6.07 Å². The standard InChI is InChI=1S/C13H11N3O2S2/c1-7-3-9(6-14)4-11(15-7)20-13-16-8(2)10(19-13)5-12(17)18/h3-4H,5H2,1-2H3,(H,17,18). The fourth-order valence-corrected chi connectivity index (χ4v) is 3.83. The summed E-state index contributed by atoms with van der Waals surface area (Å²) in [6.45, 7) is 3.62. The smallest absolute Gasteiger partial charge is 0.308 e. The lowest BCUT2D eigenvalue weighted by atomic mass is 10.2. The highest BCUT2D eigenvalue weighted by molar-refractivity contribution is 8.01. The van der Waals surface area contributed by atoms with E-state index in [0.717, 1.165) is 20.6 Å². The molecule has 0 saturated carbocycles. The third kappa shape index (κ3) is 3.56. The van der Waals surface area contributed by atoms with E-state index in [0.29, 0.717) is 10.6 Å². The highest BCUT2D eigenvalue weighted by atomic mass is 32.2. The third-order valence-electron chi connectivity index (χ3n) is 2.44. The molecule has 0 fully saturated rings. The molecular formula is C13H11N3O2S2. The number of hydrogen-bond acceptors (Lipinski definition) is 6. The van der Waals surface area contributed by atoms with Crippen LogP contribution in [-0.4, -0.2) is 21.0 Å². The van der Waals surface area contributed by atoms with Crippen LogP contribution >= 0.6 is 23.1 Å². The van der Waals surface area contributed by atoms with Gasteiger partial charge in [-0.1, -0.05) is 0 Å². The van der Waals surface area contributed by atoms with E-state index in [9.17, 15) is 4.79 Å². The average Bonchev–Trinajstić information content (AvgIpc) is 2.67. The summed E-state index contributed by atoms with van der Waals surface area (Å²) in [5, 5.41) is 18.4. The third-order valence-corrected chi connectivity index (χ3v) is 4.57. The van der Waals surface area contributed by atoms with Crippen LogP contribution in [0.2, 0.25) is 0 Å². The molecule has 0 radical (unpaired) electrons. The highest BCUT2D eigenvalue weighted by Gasteiger charge is 2.13. The molecule has 0 atom stereocenters. The lowest BCUT2D eigenvalue weighted by Crippen LogP contribution is -1.99. The molecule has 102 valence electrons. The first-order valence-electron chi connectivity index (χ1n) is 5.72. The molecule has 0 aliphatic heterocycles. The van der Waals surface area contributed by atoms with E-state index in [1.165, 1.54) is 23.1 Å². The molecule has 0 spiro atoms. The minimum Gasteiger partial charge on any atom is -0.481 e. The Hall–Kier alpha value is -1.91. The van der Waals surface area contributed by atoms with Crippen molar-refractivity contribution >= 4 is 29.1 Å². The predicted molar refractivity (Wildman–Crippen MR) is 76.0 cm³/mol. The first kappa shape index (κ1) is 14.5. The number of carboxylic acid groups (broad SMARTS) is 1. The highest BCUT2D eigenvalue weighted by Crippen LogP contribution is 2.32. The van der Waals surface area contributed by atoms with E-state index in [2.05, 4.69) is 16.0 Å². The topological polar surface area (TPSA) is 86.9 Å². The van der Waals surface area contributed by atoms with Crippen molar-refractivity contribution in [1.82, 2.24) is 9.97 Å². The number of carboxylic acids is 1. The largest absolute Gasteiger partial charge is 0.481 e. The summed E-state index contributed by atoms with van der Waals surface area (Å²) in [7, 11) is 0. The summed E-state index contributed by atoms with van der Waals surface area (Å²) in [6, 6.07) is 5.50. The maximum absolute atomic E-state index is 10.7. The van der Waals surface area contributed by atoms with Gasteiger partial charge in [-0.15, -0.1) is 11.3 Å². The number of nitrogens with zero attached hydrogens (tertiary/aromatic N) is 3. The maximum atomic E-state index is 10.7. The number of nitriles is 1. The number of aryl methyl sites for hydroxylation is 2. The van der Waals surface area contributed by atoms with Crippen LogP contribution in [0.5, 0.6) is 0 Å². The second kappa shape index (κ2) is 6.03. The second-order valence-electron chi connectivity index (χ2n) is 4.11. The van der Waals surface area contributed by atoms with Gasteiger partial charge in [0.25, 0.3) is 0 Å². The normalized spacial score (nSPS) is 10.2. The monoisotopic (exact) mass is 305 g/mol. The van der Waals surface area contributed by atoms with Crippen LogP contribution in [0.4, 0.5) is 0 Å². The van der Waals surface area contributed by atoms with Crippen molar-refractivity contribution in [2.45, 2.75) is 29.6 Å². The average molecular weight is 305 g/mol. The van der Waals surface area contributed by atoms with Crippen molar-refractivity contribution in [1.29, 1.82) is 5.26 Å². The molecule has 0 saturated heterocycles. The van der Waals surface area contributed by atoms with Crippen molar-refractivity contribution in [2.24, 2.45) is 0 Å². The lowest BCUT2D eigenvalue weighted by molar-refractivity contribution is -0.136. The lowest BCUT2D eigenvalue weighted by Gasteiger charge is -1.99. The zero-order valence-corrected chi connectivity index (χ0v) is 12.5. The zero-order valence-electron chi connectivity index (χ0n) is 10.9. The number of aromatic nitrogens is 2. The molecule has 5 nitrogen and oxygen atoms in total. The summed E-state index contributed by atoms with van der Waals surface area (Å²) in [5.41, 5.74) is 2.05. The summed E-state index contributed by atoms with van der Waals surface area (Å²) >= 11 is 2.70. The van der Waals surface area contributed by atoms with Gasteiger partial charge in [0.2, 0.25) is 0 Å². The molecule has 20 heavy (non-hydrogen) atoms. The van der Waals surface area contributed by atoms with Crippen molar-refractivity contribution in [3.05, 3.63) is 34.0 Å². The summed E-state index contributed by atoms with van der Waals surface area (Å²) in [6.07, 6.45) is -0.0191. The van der Waals surface area contributed by atoms with Crippen molar-refractivity contribution in [3.63, 3.8) is 0 Å². The number of hydrogen-bond donors (Lipinski definition) is 1. The number of thiazole rings is 1. The van der Waals surface area contributed by atoms with E-state index < -0.39 is 5.97 Å². The van der Waals surface area contributed by atoms with Crippen LogP contribution in [-0.2, 0) is 11.2 Å². The van der Waals surface area contributed by atoms with E-state index in [1.807, 2.05) is 6.92 Å². The van der Waals surface area contributed by atoms with E-state index >= 15 is 0 Å². The Bertz CT molecular complexity index is 704. The number of carbonyl (C=O) groups is 1. The van der Waals surface area contributed by atoms with Gasteiger partial charge in [-0.25, -0.2) is 9.97 Å². The maximum Gasteiger partial charge on any atom is 0.308 e. The molecule has 2 aromatic rings. The van der Waals surface area contributed by atoms with E-state index in [-0.39, 0.29) is 6.42 Å². The van der Waals surface area contributed by atoms with Gasteiger partial charge in [-0.05, 0) is 37.7 Å². The summed E-state index contributed by atoms with van der Waals surface area (Å²) < 4.78 is 0.737. The number of aliphatic carboxylic acids is 1. The Labute approximate surface area is 124 Å². The molecule has 0 aliphatic carbocycles. The molecule has 0 aromatic carbocycles. The molecule has 0 amide bonds. The van der Waals surface area contributed by atoms with Gasteiger partial charge in [-0.3, -0.25) is 4.79 Å². The molecule has 1 N–H and O–H groups in total. The Morgan fingerprint density at radius 2 is 2.20 bits per heavy atom. The van der Waals surface area contributed by atoms with Gasteiger partial charge < -0.3 is 5.11 Å². The van der Waals surface area contributed by atoms with Gasteiger partial charge in [-0.2, -0.15) is 5.26 Å². The molecule has 7 heteroatoms. The first-order valence-corrected chi connectivity index (χ1v) is 7.36. The predicted octanol–water partition coefficient (Wildman–Crippen LogP) is 2.80. The molecule has 0 unspecified atom stereocenters. The fraction of sp³-hybridized carbons (Fsp3) is 0.231. The molecule has 0 aliphatic rings. The number of rotatable bonds is 4. The quantitative estimate of drug-likeness (QED) is 0.934. The minimum absolute atomic E-state index is 0.0191. The van der Waals surface area contributed by atoms with Crippen LogP contribution in [0.1, 0.15) is 21.8 Å². The molecular weight excluding hydrogens is 294 g/mol. The number of pyridine rings is 1. The van der Waals surface area contributed by atoms with Gasteiger partial charge in [0.05, 0.1) is 23.7 Å².